The number of benzene rings is 4. The molecule has 4 aromatic rings. The first-order valence-corrected chi connectivity index (χ1v) is 13.3. The van der Waals surface area contributed by atoms with Crippen LogP contribution in [0.5, 0.6) is 0 Å². The van der Waals surface area contributed by atoms with E-state index < -0.39 is 0 Å². The Bertz CT molecular complexity index is 1610. The zero-order chi connectivity index (χ0) is 27.0. The van der Waals surface area contributed by atoms with Gasteiger partial charge in [-0.3, -0.25) is 0 Å². The maximum absolute atomic E-state index is 5.28. The van der Waals surface area contributed by atoms with Crippen LogP contribution >= 0.6 is 0 Å². The smallest absolute Gasteiger partial charge is 0.160 e. The van der Waals surface area contributed by atoms with Gasteiger partial charge in [0.25, 0.3) is 0 Å². The topological polar surface area (TPSA) is 24.7 Å². The molecule has 2 heteroatoms. The highest BCUT2D eigenvalue weighted by Crippen LogP contribution is 2.39. The second-order valence-corrected chi connectivity index (χ2v) is 11.3. The van der Waals surface area contributed by atoms with E-state index in [1.54, 1.807) is 0 Å². The average Bonchev–Trinajstić information content (AvgIpc) is 3.27. The van der Waals surface area contributed by atoms with Crippen LogP contribution in [0, 0.1) is 19.3 Å². The first-order chi connectivity index (χ1) is 18.1. The number of aliphatic imine (C=N–C) groups is 2. The number of rotatable bonds is 4. The average molecular weight is 497 g/mol. The predicted molar refractivity (Wildman–Crippen MR) is 163 cm³/mol. The Balaban J connectivity index is 1.73. The van der Waals surface area contributed by atoms with Crippen LogP contribution in [0.1, 0.15) is 61.1 Å². The highest BCUT2D eigenvalue weighted by Gasteiger charge is 2.23. The molecule has 2 nitrogen and oxygen atoms in total. The Kier molecular flexibility index (Phi) is 6.75. The van der Waals surface area contributed by atoms with E-state index in [4.69, 9.17) is 9.98 Å². The van der Waals surface area contributed by atoms with E-state index in [1.165, 1.54) is 44.5 Å². The normalized spacial score (nSPS) is 13.3. The molecule has 0 fully saturated rings. The molecule has 0 aliphatic heterocycles. The van der Waals surface area contributed by atoms with Crippen molar-refractivity contribution in [1.29, 1.82) is 0 Å². The van der Waals surface area contributed by atoms with Gasteiger partial charge in [0.1, 0.15) is 0 Å². The van der Waals surface area contributed by atoms with Crippen molar-refractivity contribution in [1.82, 2.24) is 0 Å². The van der Waals surface area contributed by atoms with Crippen molar-refractivity contribution in [3.8, 4) is 22.3 Å². The maximum atomic E-state index is 5.28. The lowest BCUT2D eigenvalue weighted by atomic mass is 9.90. The van der Waals surface area contributed by atoms with E-state index in [9.17, 15) is 0 Å². The van der Waals surface area contributed by atoms with Crippen molar-refractivity contribution < 1.29 is 0 Å². The zero-order valence-corrected chi connectivity index (χ0v) is 23.4. The van der Waals surface area contributed by atoms with E-state index in [2.05, 4.69) is 133 Å². The minimum Gasteiger partial charge on any atom is -0.233 e. The Hall–Kier alpha value is -4.04. The van der Waals surface area contributed by atoms with Crippen molar-refractivity contribution in [2.45, 2.75) is 48.0 Å². The van der Waals surface area contributed by atoms with Crippen molar-refractivity contribution in [3.63, 3.8) is 0 Å². The fourth-order valence-corrected chi connectivity index (χ4v) is 5.22. The quantitative estimate of drug-likeness (QED) is 0.175. The molecular weight excluding hydrogens is 460 g/mol. The number of aryl methyl sites for hydroxylation is 2. The first kappa shape index (κ1) is 25.6. The lowest BCUT2D eigenvalue weighted by molar-refractivity contribution is 0.500. The van der Waals surface area contributed by atoms with Crippen LogP contribution in [0.4, 0.5) is 0 Å². The number of amidine groups is 1. The molecule has 0 spiro atoms. The van der Waals surface area contributed by atoms with Gasteiger partial charge in [-0.1, -0.05) is 112 Å². The monoisotopic (exact) mass is 496 g/mol. The van der Waals surface area contributed by atoms with Crippen LogP contribution in [-0.2, 0) is 6.42 Å². The fourth-order valence-electron chi connectivity index (χ4n) is 5.22. The Labute approximate surface area is 227 Å². The van der Waals surface area contributed by atoms with Crippen molar-refractivity contribution in [3.05, 3.63) is 131 Å². The van der Waals surface area contributed by atoms with E-state index in [0.717, 1.165) is 29.0 Å². The largest absolute Gasteiger partial charge is 0.233 e. The lowest BCUT2D eigenvalue weighted by Gasteiger charge is -2.20. The van der Waals surface area contributed by atoms with Crippen LogP contribution in [0.25, 0.3) is 22.3 Å². The lowest BCUT2D eigenvalue weighted by Crippen LogP contribution is -2.12. The number of nitrogens with zero attached hydrogens (tertiary/aromatic N) is 2. The third kappa shape index (κ3) is 4.79. The summed E-state index contributed by atoms with van der Waals surface area (Å²) in [6, 6.07) is 30.2. The molecule has 5 rings (SSSR count). The SMILES string of the molecule is C=C(N=C(N=C(C)c1cccc2c1-c1ccccc1C2)c1cccc(C)c1-c1ccccc1C)C(C)(C)C. The summed E-state index contributed by atoms with van der Waals surface area (Å²) in [7, 11) is 0. The molecule has 0 saturated carbocycles. The van der Waals surface area contributed by atoms with Crippen molar-refractivity contribution in [2.75, 3.05) is 0 Å². The molecule has 1 aliphatic carbocycles. The molecule has 190 valence electrons. The van der Waals surface area contributed by atoms with Gasteiger partial charge in [0, 0.05) is 28.0 Å². The summed E-state index contributed by atoms with van der Waals surface area (Å²) < 4.78 is 0. The minimum atomic E-state index is -0.172. The second-order valence-electron chi connectivity index (χ2n) is 11.3. The fraction of sp³-hybridized carbons (Fsp3) is 0.222. The molecule has 4 aromatic carbocycles. The number of fused-ring (bicyclic) bond motifs is 3. The van der Waals surface area contributed by atoms with Gasteiger partial charge in [0.05, 0.1) is 0 Å². The molecule has 0 heterocycles. The summed E-state index contributed by atoms with van der Waals surface area (Å²) >= 11 is 0. The molecule has 0 unspecified atom stereocenters. The maximum Gasteiger partial charge on any atom is 0.160 e. The molecule has 0 saturated heterocycles. The Morgan fingerprint density at radius 2 is 1.26 bits per heavy atom. The van der Waals surface area contributed by atoms with Gasteiger partial charge < -0.3 is 0 Å². The molecule has 0 N–H and O–H groups in total. The van der Waals surface area contributed by atoms with E-state index in [-0.39, 0.29) is 5.41 Å². The van der Waals surface area contributed by atoms with Gasteiger partial charge in [-0.15, -0.1) is 0 Å². The third-order valence-corrected chi connectivity index (χ3v) is 7.52. The zero-order valence-electron chi connectivity index (χ0n) is 23.4. The summed E-state index contributed by atoms with van der Waals surface area (Å²) in [5.74, 6) is 0.702. The number of hydrogen-bond donors (Lipinski definition) is 0. The Morgan fingerprint density at radius 3 is 2.00 bits per heavy atom. The summed E-state index contributed by atoms with van der Waals surface area (Å²) in [5.41, 5.74) is 13.9. The van der Waals surface area contributed by atoms with Gasteiger partial charge >= 0.3 is 0 Å². The molecular formula is C36H36N2. The molecule has 0 bridgehead atoms. The summed E-state index contributed by atoms with van der Waals surface area (Å²) in [4.78, 5) is 10.4. The summed E-state index contributed by atoms with van der Waals surface area (Å²) in [5, 5.41) is 0. The molecule has 0 atom stereocenters. The van der Waals surface area contributed by atoms with Gasteiger partial charge in [-0.05, 0) is 71.7 Å². The highest BCUT2D eigenvalue weighted by molar-refractivity contribution is 6.16. The van der Waals surface area contributed by atoms with Crippen LogP contribution in [0.2, 0.25) is 0 Å². The molecule has 0 amide bonds. The molecule has 38 heavy (non-hydrogen) atoms. The van der Waals surface area contributed by atoms with Crippen LogP contribution < -0.4 is 0 Å². The van der Waals surface area contributed by atoms with Crippen LogP contribution in [0.3, 0.4) is 0 Å². The van der Waals surface area contributed by atoms with Crippen LogP contribution in [0.15, 0.2) is 107 Å². The highest BCUT2D eigenvalue weighted by atomic mass is 14.9. The second kappa shape index (κ2) is 10.0. The minimum absolute atomic E-state index is 0.172. The van der Waals surface area contributed by atoms with Crippen molar-refractivity contribution >= 4 is 11.5 Å². The molecule has 0 radical (unpaired) electrons. The predicted octanol–water partition coefficient (Wildman–Crippen LogP) is 9.36. The number of hydrogen-bond acceptors (Lipinski definition) is 1. The standard InChI is InChI=1S/C36H36N2/c1-23-14-8-10-18-29(23)33-24(2)15-12-21-32(33)35(38-26(4)36(5,6)7)37-25(3)30-20-13-17-28-22-27-16-9-11-19-31(27)34(28)30/h8-21H,4,22H2,1-3,5-7H3. The van der Waals surface area contributed by atoms with E-state index in [1.807, 2.05) is 0 Å². The molecule has 0 aromatic heterocycles. The Morgan fingerprint density at radius 1 is 0.658 bits per heavy atom. The van der Waals surface area contributed by atoms with Gasteiger partial charge in [0.2, 0.25) is 0 Å². The van der Waals surface area contributed by atoms with Gasteiger partial charge in [-0.25, -0.2) is 9.98 Å². The van der Waals surface area contributed by atoms with Crippen LogP contribution in [-0.4, -0.2) is 11.5 Å². The van der Waals surface area contributed by atoms with E-state index in [0.29, 0.717) is 5.84 Å². The van der Waals surface area contributed by atoms with Crippen molar-refractivity contribution in [2.24, 2.45) is 15.4 Å². The first-order valence-electron chi connectivity index (χ1n) is 13.3. The molecule has 1 aliphatic rings. The van der Waals surface area contributed by atoms with E-state index >= 15 is 0 Å². The third-order valence-electron chi connectivity index (χ3n) is 7.52. The summed E-state index contributed by atoms with van der Waals surface area (Å²) in [6.07, 6.45) is 0.962. The van der Waals surface area contributed by atoms with Gasteiger partial charge in [0.15, 0.2) is 5.84 Å². The summed E-state index contributed by atoms with van der Waals surface area (Å²) in [6.45, 7) is 17.2. The van der Waals surface area contributed by atoms with Gasteiger partial charge in [-0.2, -0.15) is 0 Å². The number of allylic oxidation sites excluding steroid dienone is 1.